The first-order valence-corrected chi connectivity index (χ1v) is 12.1. The molecule has 166 valence electrons. The van der Waals surface area contributed by atoms with Crippen LogP contribution in [0, 0.1) is 0 Å². The quantitative estimate of drug-likeness (QED) is 0.448. The summed E-state index contributed by atoms with van der Waals surface area (Å²) in [6, 6.07) is 10.2. The van der Waals surface area contributed by atoms with Gasteiger partial charge in [-0.05, 0) is 48.9 Å². The zero-order chi connectivity index (χ0) is 22.0. The van der Waals surface area contributed by atoms with E-state index in [1.54, 1.807) is 11.3 Å². The molecule has 1 aliphatic heterocycles. The summed E-state index contributed by atoms with van der Waals surface area (Å²) in [6.07, 6.45) is 3.45. The molecule has 1 saturated heterocycles. The van der Waals surface area contributed by atoms with Crippen LogP contribution in [0.3, 0.4) is 0 Å². The molecule has 1 aromatic carbocycles. The van der Waals surface area contributed by atoms with E-state index in [1.807, 2.05) is 18.2 Å². The maximum absolute atomic E-state index is 12.9. The van der Waals surface area contributed by atoms with Crippen LogP contribution in [0.5, 0.6) is 0 Å². The van der Waals surface area contributed by atoms with Crippen molar-refractivity contribution in [3.63, 3.8) is 0 Å². The summed E-state index contributed by atoms with van der Waals surface area (Å²) < 4.78 is 7.54. The third-order valence-electron chi connectivity index (χ3n) is 6.06. The molecule has 2 aromatic heterocycles. The first-order valence-electron chi connectivity index (χ1n) is 11.2. The number of aliphatic hydroxyl groups is 1. The second-order valence-corrected chi connectivity index (χ2v) is 9.22. The number of carbonyl (C=O) groups excluding carboxylic acids is 1. The molecule has 0 bridgehead atoms. The fraction of sp³-hybridized carbons (Fsp3) is 0.500. The topological polar surface area (TPSA) is 79.7 Å². The van der Waals surface area contributed by atoms with Gasteiger partial charge < -0.3 is 19.7 Å². The SMILES string of the molecule is CCC[C@H](NC(=O)c1ccc2c(c1)nc(Cc1cccs1)n2C(CC)CC)C1OC1O. The molecule has 31 heavy (non-hydrogen) atoms. The molecule has 3 heterocycles. The molecule has 0 radical (unpaired) electrons. The van der Waals surface area contributed by atoms with Crippen molar-refractivity contribution >= 4 is 28.3 Å². The van der Waals surface area contributed by atoms with E-state index in [0.717, 1.165) is 49.0 Å². The molecule has 3 atom stereocenters. The van der Waals surface area contributed by atoms with E-state index in [0.29, 0.717) is 11.6 Å². The Labute approximate surface area is 187 Å². The van der Waals surface area contributed by atoms with E-state index in [-0.39, 0.29) is 18.1 Å². The first kappa shape index (κ1) is 22.0. The molecule has 0 aliphatic carbocycles. The number of hydrogen-bond acceptors (Lipinski definition) is 5. The standard InChI is InChI=1S/C24H31N3O3S/c1-4-8-18(22-24(29)30-22)26-23(28)15-10-11-20-19(13-15)25-21(14-17-9-7-12-31-17)27(20)16(5-2)6-3/h7,9-13,16,18,22,24,29H,4-6,8,14H2,1-3H3,(H,26,28)/t18-,22?,24?/m0/s1. The molecule has 7 heteroatoms. The summed E-state index contributed by atoms with van der Waals surface area (Å²) in [4.78, 5) is 19.2. The molecule has 4 rings (SSSR count). The molecule has 2 unspecified atom stereocenters. The Hall–Kier alpha value is -2.22. The summed E-state index contributed by atoms with van der Waals surface area (Å²) in [5.41, 5.74) is 2.50. The minimum absolute atomic E-state index is 0.153. The Balaban J connectivity index is 1.64. The predicted octanol–water partition coefficient (Wildman–Crippen LogP) is 4.67. The van der Waals surface area contributed by atoms with Crippen LogP contribution in [0.25, 0.3) is 11.0 Å². The van der Waals surface area contributed by atoms with E-state index in [1.165, 1.54) is 4.88 Å². The van der Waals surface area contributed by atoms with Gasteiger partial charge in [0, 0.05) is 22.9 Å². The Morgan fingerprint density at radius 3 is 2.68 bits per heavy atom. The number of aliphatic hydroxyl groups excluding tert-OH is 1. The number of nitrogens with one attached hydrogen (secondary N) is 1. The number of amides is 1. The van der Waals surface area contributed by atoms with Gasteiger partial charge in [-0.2, -0.15) is 0 Å². The number of carbonyl (C=O) groups is 1. The second kappa shape index (κ2) is 9.51. The molecule has 0 spiro atoms. The van der Waals surface area contributed by atoms with Gasteiger partial charge in [-0.1, -0.05) is 33.3 Å². The summed E-state index contributed by atoms with van der Waals surface area (Å²) in [5.74, 6) is 0.891. The lowest BCUT2D eigenvalue weighted by Crippen LogP contribution is -2.39. The molecule has 1 fully saturated rings. The van der Waals surface area contributed by atoms with Gasteiger partial charge in [0.25, 0.3) is 5.91 Å². The average molecular weight is 442 g/mol. The summed E-state index contributed by atoms with van der Waals surface area (Å²) >= 11 is 1.74. The highest BCUT2D eigenvalue weighted by Gasteiger charge is 2.44. The zero-order valence-electron chi connectivity index (χ0n) is 18.4. The molecular weight excluding hydrogens is 410 g/mol. The highest BCUT2D eigenvalue weighted by atomic mass is 32.1. The van der Waals surface area contributed by atoms with Crippen molar-refractivity contribution < 1.29 is 14.6 Å². The number of thiophene rings is 1. The molecular formula is C24H31N3O3S. The van der Waals surface area contributed by atoms with Gasteiger partial charge in [-0.3, -0.25) is 4.79 Å². The van der Waals surface area contributed by atoms with Crippen LogP contribution in [-0.4, -0.2) is 39.0 Å². The third kappa shape index (κ3) is 4.68. The van der Waals surface area contributed by atoms with Crippen molar-refractivity contribution in [3.05, 3.63) is 52.0 Å². The fourth-order valence-corrected chi connectivity index (χ4v) is 5.04. The Bertz CT molecular complexity index is 1030. The van der Waals surface area contributed by atoms with Crippen LogP contribution in [0.2, 0.25) is 0 Å². The molecule has 2 N–H and O–H groups in total. The number of epoxide rings is 1. The van der Waals surface area contributed by atoms with E-state index < -0.39 is 6.29 Å². The summed E-state index contributed by atoms with van der Waals surface area (Å²) in [5, 5.41) is 14.7. The van der Waals surface area contributed by atoms with Gasteiger partial charge in [0.2, 0.25) is 0 Å². The van der Waals surface area contributed by atoms with E-state index >= 15 is 0 Å². The van der Waals surface area contributed by atoms with Crippen molar-refractivity contribution in [2.75, 3.05) is 0 Å². The van der Waals surface area contributed by atoms with Crippen molar-refractivity contribution in [1.29, 1.82) is 0 Å². The Morgan fingerprint density at radius 2 is 2.06 bits per heavy atom. The molecule has 0 saturated carbocycles. The average Bonchev–Trinajstić information content (AvgIpc) is 3.14. The molecule has 6 nitrogen and oxygen atoms in total. The number of imidazole rings is 1. The highest BCUT2D eigenvalue weighted by molar-refractivity contribution is 7.09. The lowest BCUT2D eigenvalue weighted by molar-refractivity contribution is 0.0926. The molecule has 3 aromatic rings. The normalized spacial score (nSPS) is 19.1. The Kier molecular flexibility index (Phi) is 6.74. The lowest BCUT2D eigenvalue weighted by atomic mass is 10.1. The number of benzene rings is 1. The van der Waals surface area contributed by atoms with Gasteiger partial charge >= 0.3 is 0 Å². The minimum Gasteiger partial charge on any atom is -0.366 e. The van der Waals surface area contributed by atoms with E-state index in [9.17, 15) is 9.90 Å². The number of aromatic nitrogens is 2. The molecule has 1 aliphatic rings. The van der Waals surface area contributed by atoms with Gasteiger partial charge in [0.05, 0.1) is 17.1 Å². The smallest absolute Gasteiger partial charge is 0.251 e. The van der Waals surface area contributed by atoms with Crippen LogP contribution in [0.4, 0.5) is 0 Å². The summed E-state index contributed by atoms with van der Waals surface area (Å²) in [6.45, 7) is 6.47. The van der Waals surface area contributed by atoms with Gasteiger partial charge in [0.1, 0.15) is 11.9 Å². The second-order valence-electron chi connectivity index (χ2n) is 8.19. The molecule has 1 amide bonds. The number of fused-ring (bicyclic) bond motifs is 1. The van der Waals surface area contributed by atoms with Gasteiger partial charge in [-0.15, -0.1) is 11.3 Å². The lowest BCUT2D eigenvalue weighted by Gasteiger charge is -2.19. The van der Waals surface area contributed by atoms with E-state index in [2.05, 4.69) is 48.2 Å². The van der Waals surface area contributed by atoms with Gasteiger partial charge in [0.15, 0.2) is 6.29 Å². The minimum atomic E-state index is -0.769. The van der Waals surface area contributed by atoms with Crippen molar-refractivity contribution in [3.8, 4) is 0 Å². The van der Waals surface area contributed by atoms with Crippen LogP contribution in [0.1, 0.15) is 73.6 Å². The van der Waals surface area contributed by atoms with Crippen LogP contribution >= 0.6 is 11.3 Å². The maximum Gasteiger partial charge on any atom is 0.251 e. The van der Waals surface area contributed by atoms with E-state index in [4.69, 9.17) is 9.72 Å². The van der Waals surface area contributed by atoms with Crippen LogP contribution < -0.4 is 5.32 Å². The fourth-order valence-electron chi connectivity index (χ4n) is 4.34. The summed E-state index contributed by atoms with van der Waals surface area (Å²) in [7, 11) is 0. The third-order valence-corrected chi connectivity index (χ3v) is 6.93. The van der Waals surface area contributed by atoms with Crippen LogP contribution in [-0.2, 0) is 11.2 Å². The van der Waals surface area contributed by atoms with Crippen molar-refractivity contribution in [2.24, 2.45) is 0 Å². The van der Waals surface area contributed by atoms with Crippen LogP contribution in [0.15, 0.2) is 35.7 Å². The number of ether oxygens (including phenoxy) is 1. The largest absolute Gasteiger partial charge is 0.366 e. The maximum atomic E-state index is 12.9. The van der Waals surface area contributed by atoms with Gasteiger partial charge in [-0.25, -0.2) is 4.98 Å². The van der Waals surface area contributed by atoms with Crippen molar-refractivity contribution in [1.82, 2.24) is 14.9 Å². The number of nitrogens with zero attached hydrogens (tertiary/aromatic N) is 2. The highest BCUT2D eigenvalue weighted by Crippen LogP contribution is 2.29. The number of hydrogen-bond donors (Lipinski definition) is 2. The van der Waals surface area contributed by atoms with Crippen molar-refractivity contribution in [2.45, 2.75) is 77.4 Å². The Morgan fingerprint density at radius 1 is 1.29 bits per heavy atom. The monoisotopic (exact) mass is 441 g/mol. The zero-order valence-corrected chi connectivity index (χ0v) is 19.2. The first-order chi connectivity index (χ1) is 15.0. The number of rotatable bonds is 10. The predicted molar refractivity (Wildman–Crippen MR) is 124 cm³/mol.